The molecule has 0 spiro atoms. The summed E-state index contributed by atoms with van der Waals surface area (Å²) in [5.41, 5.74) is 0.178. The van der Waals surface area contributed by atoms with Crippen molar-refractivity contribution < 1.29 is 28.0 Å². The minimum atomic E-state index is -0.915. The summed E-state index contributed by atoms with van der Waals surface area (Å²) in [6.07, 6.45) is 2.67. The average Bonchev–Trinajstić information content (AvgIpc) is 3.46. The molecule has 31 heavy (non-hydrogen) atoms. The number of nitrogens with zero attached hydrogens (tertiary/aromatic N) is 2. The smallest absolute Gasteiger partial charge is 0.314 e. The van der Waals surface area contributed by atoms with Gasteiger partial charge < -0.3 is 18.9 Å². The molecule has 8 heteroatoms. The summed E-state index contributed by atoms with van der Waals surface area (Å²) in [7, 11) is 0. The van der Waals surface area contributed by atoms with Crippen LogP contribution in [0.25, 0.3) is 11.3 Å². The first-order valence-electron chi connectivity index (χ1n) is 10.8. The number of piperidine rings is 1. The van der Waals surface area contributed by atoms with Crippen LogP contribution in [0.3, 0.4) is 0 Å². The molecule has 2 aliphatic heterocycles. The minimum Gasteiger partial charge on any atom is -0.466 e. The molecule has 2 unspecified atom stereocenters. The van der Waals surface area contributed by atoms with Crippen LogP contribution in [0, 0.1) is 11.2 Å². The van der Waals surface area contributed by atoms with Crippen molar-refractivity contribution in [3.05, 3.63) is 41.9 Å². The second-order valence-electron chi connectivity index (χ2n) is 8.23. The van der Waals surface area contributed by atoms with Crippen LogP contribution in [0.5, 0.6) is 0 Å². The third-order valence-electron chi connectivity index (χ3n) is 5.99. The highest BCUT2D eigenvalue weighted by molar-refractivity contribution is 5.83. The van der Waals surface area contributed by atoms with Crippen LogP contribution in [0.2, 0.25) is 0 Å². The number of benzene rings is 1. The first-order chi connectivity index (χ1) is 15.0. The summed E-state index contributed by atoms with van der Waals surface area (Å²) in [6, 6.07) is 7.81. The van der Waals surface area contributed by atoms with Crippen LogP contribution in [0.15, 0.2) is 34.9 Å². The normalized spacial score (nSPS) is 23.7. The number of halogens is 1. The Balaban J connectivity index is 1.56. The number of rotatable bonds is 6. The van der Waals surface area contributed by atoms with Crippen molar-refractivity contribution >= 4 is 11.9 Å². The van der Waals surface area contributed by atoms with E-state index in [0.717, 1.165) is 6.42 Å². The molecule has 166 valence electrons. The maximum Gasteiger partial charge on any atom is 0.314 e. The fraction of sp³-hybridized carbons (Fsp3) is 0.522. The minimum absolute atomic E-state index is 0.0658. The van der Waals surface area contributed by atoms with Crippen LogP contribution in [-0.4, -0.2) is 54.3 Å². The van der Waals surface area contributed by atoms with Crippen LogP contribution in [-0.2, 0) is 25.5 Å². The third kappa shape index (κ3) is 4.63. The molecule has 7 nitrogen and oxygen atoms in total. The van der Waals surface area contributed by atoms with E-state index >= 15 is 0 Å². The zero-order valence-electron chi connectivity index (χ0n) is 17.6. The molecule has 1 amide bonds. The number of amides is 1. The Labute approximate surface area is 180 Å². The quantitative estimate of drug-likeness (QED) is 0.654. The Hall–Kier alpha value is -2.74. The summed E-state index contributed by atoms with van der Waals surface area (Å²) in [4.78, 5) is 27.7. The lowest BCUT2D eigenvalue weighted by Crippen LogP contribution is -2.53. The lowest BCUT2D eigenvalue weighted by molar-refractivity contribution is -0.162. The van der Waals surface area contributed by atoms with Gasteiger partial charge in [-0.15, -0.1) is 0 Å². The number of hydrogen-bond acceptors (Lipinski definition) is 6. The first-order valence-corrected chi connectivity index (χ1v) is 10.8. The molecule has 0 saturated carbocycles. The van der Waals surface area contributed by atoms with Crippen molar-refractivity contribution in [1.82, 2.24) is 10.1 Å². The van der Waals surface area contributed by atoms with Crippen molar-refractivity contribution in [3.63, 3.8) is 0 Å². The maximum absolute atomic E-state index is 13.6. The summed E-state index contributed by atoms with van der Waals surface area (Å²) < 4.78 is 30.0. The number of likely N-dealkylation sites (tertiary alicyclic amines) is 1. The topological polar surface area (TPSA) is 81.9 Å². The predicted octanol–water partition coefficient (Wildman–Crippen LogP) is 3.37. The van der Waals surface area contributed by atoms with Crippen molar-refractivity contribution in [2.75, 3.05) is 26.3 Å². The Morgan fingerprint density at radius 3 is 2.94 bits per heavy atom. The Bertz CT molecular complexity index is 940. The molecule has 1 aromatic carbocycles. The summed E-state index contributed by atoms with van der Waals surface area (Å²) >= 11 is 0. The van der Waals surface area contributed by atoms with E-state index in [0.29, 0.717) is 49.4 Å². The van der Waals surface area contributed by atoms with Gasteiger partial charge in [-0.3, -0.25) is 9.59 Å². The summed E-state index contributed by atoms with van der Waals surface area (Å²) in [6.45, 7) is 3.45. The van der Waals surface area contributed by atoms with Gasteiger partial charge in [0.2, 0.25) is 0 Å². The van der Waals surface area contributed by atoms with E-state index in [9.17, 15) is 14.0 Å². The van der Waals surface area contributed by atoms with Gasteiger partial charge >= 0.3 is 5.97 Å². The largest absolute Gasteiger partial charge is 0.466 e. The van der Waals surface area contributed by atoms with Gasteiger partial charge in [0, 0.05) is 37.7 Å². The molecule has 0 radical (unpaired) electrons. The molecule has 0 bridgehead atoms. The first kappa shape index (κ1) is 21.5. The Morgan fingerprint density at radius 2 is 2.19 bits per heavy atom. The molecule has 2 fully saturated rings. The fourth-order valence-corrected chi connectivity index (χ4v) is 4.48. The fourth-order valence-electron chi connectivity index (χ4n) is 4.48. The number of esters is 1. The number of hydrogen-bond donors (Lipinski definition) is 0. The molecule has 0 aliphatic carbocycles. The third-order valence-corrected chi connectivity index (χ3v) is 5.99. The van der Waals surface area contributed by atoms with Crippen LogP contribution in [0.4, 0.5) is 4.39 Å². The predicted molar refractivity (Wildman–Crippen MR) is 109 cm³/mol. The highest BCUT2D eigenvalue weighted by atomic mass is 19.1. The van der Waals surface area contributed by atoms with E-state index in [1.165, 1.54) is 12.1 Å². The molecule has 2 aromatic rings. The highest BCUT2D eigenvalue weighted by Crippen LogP contribution is 2.37. The molecule has 1 aromatic heterocycles. The average molecular weight is 430 g/mol. The molecule has 3 heterocycles. The van der Waals surface area contributed by atoms with E-state index in [1.807, 2.05) is 0 Å². The van der Waals surface area contributed by atoms with Gasteiger partial charge in [-0.05, 0) is 44.7 Å². The van der Waals surface area contributed by atoms with Gasteiger partial charge in [0.15, 0.2) is 0 Å². The monoisotopic (exact) mass is 430 g/mol. The van der Waals surface area contributed by atoms with Crippen molar-refractivity contribution in [3.8, 4) is 11.3 Å². The molecular formula is C23H27FN2O5. The van der Waals surface area contributed by atoms with E-state index in [4.69, 9.17) is 14.0 Å². The van der Waals surface area contributed by atoms with Crippen LogP contribution >= 0.6 is 0 Å². The van der Waals surface area contributed by atoms with E-state index in [1.54, 1.807) is 30.0 Å². The summed E-state index contributed by atoms with van der Waals surface area (Å²) in [5.74, 6) is -0.272. The standard InChI is InChI=1S/C23H27FN2O5/c1-2-29-22(28)23(9-5-10-26(15-23)21(27)20-8-4-11-30-20)14-18-13-19(25-31-18)16-6-3-7-17(24)12-16/h3,6-7,12-13,20H,2,4-5,8-11,14-15H2,1H3. The lowest BCUT2D eigenvalue weighted by atomic mass is 9.76. The molecule has 2 saturated heterocycles. The molecule has 0 N–H and O–H groups in total. The van der Waals surface area contributed by atoms with Gasteiger partial charge in [-0.1, -0.05) is 17.3 Å². The van der Waals surface area contributed by atoms with Gasteiger partial charge in [0.05, 0.1) is 12.0 Å². The molecule has 2 atom stereocenters. The van der Waals surface area contributed by atoms with Gasteiger partial charge in [-0.25, -0.2) is 4.39 Å². The number of carbonyl (C=O) groups excluding carboxylic acids is 2. The van der Waals surface area contributed by atoms with Crippen LogP contribution in [0.1, 0.15) is 38.4 Å². The highest BCUT2D eigenvalue weighted by Gasteiger charge is 2.46. The molecule has 2 aliphatic rings. The SMILES string of the molecule is CCOC(=O)C1(Cc2cc(-c3cccc(F)c3)no2)CCCN(C(=O)C2CCCO2)C1. The van der Waals surface area contributed by atoms with Crippen molar-refractivity contribution in [2.45, 2.75) is 45.1 Å². The number of carbonyl (C=O) groups is 2. The zero-order chi connectivity index (χ0) is 21.8. The van der Waals surface area contributed by atoms with Gasteiger partial charge in [-0.2, -0.15) is 0 Å². The van der Waals surface area contributed by atoms with Gasteiger partial charge in [0.25, 0.3) is 5.91 Å². The van der Waals surface area contributed by atoms with Crippen molar-refractivity contribution in [2.24, 2.45) is 5.41 Å². The van der Waals surface area contributed by atoms with Crippen LogP contribution < -0.4 is 0 Å². The summed E-state index contributed by atoms with van der Waals surface area (Å²) in [5, 5.41) is 4.05. The Morgan fingerprint density at radius 1 is 1.32 bits per heavy atom. The van der Waals surface area contributed by atoms with E-state index in [2.05, 4.69) is 5.16 Å². The Kier molecular flexibility index (Phi) is 6.36. The number of ether oxygens (including phenoxy) is 2. The molecular weight excluding hydrogens is 403 g/mol. The lowest BCUT2D eigenvalue weighted by Gasteiger charge is -2.41. The second kappa shape index (κ2) is 9.18. The zero-order valence-corrected chi connectivity index (χ0v) is 17.6. The van der Waals surface area contributed by atoms with E-state index < -0.39 is 11.5 Å². The molecule has 4 rings (SSSR count). The maximum atomic E-state index is 13.6. The van der Waals surface area contributed by atoms with Crippen molar-refractivity contribution in [1.29, 1.82) is 0 Å². The van der Waals surface area contributed by atoms with Gasteiger partial charge in [0.1, 0.15) is 23.4 Å². The second-order valence-corrected chi connectivity index (χ2v) is 8.23. The van der Waals surface area contributed by atoms with E-state index in [-0.39, 0.29) is 37.3 Å². The number of aromatic nitrogens is 1.